The molecule has 1 heterocycles. The van der Waals surface area contributed by atoms with Crippen molar-refractivity contribution in [3.8, 4) is 0 Å². The lowest BCUT2D eigenvalue weighted by Crippen LogP contribution is -2.38. The minimum absolute atomic E-state index is 0.00202. The SMILES string of the molecule is CN(C)C(=O)CN(C)C(=O)c1cc(Cl)c2ccccc2n1. The second-order valence-corrected chi connectivity index (χ2v) is 5.36. The van der Waals surface area contributed by atoms with Crippen molar-refractivity contribution in [1.29, 1.82) is 0 Å². The number of fused-ring (bicyclic) bond motifs is 1. The van der Waals surface area contributed by atoms with Crippen LogP contribution in [0.15, 0.2) is 30.3 Å². The van der Waals surface area contributed by atoms with E-state index in [4.69, 9.17) is 11.6 Å². The Bertz CT molecular complexity index is 700. The molecule has 0 aliphatic carbocycles. The van der Waals surface area contributed by atoms with E-state index in [0.29, 0.717) is 10.5 Å². The van der Waals surface area contributed by atoms with Gasteiger partial charge in [-0.25, -0.2) is 4.98 Å². The number of rotatable bonds is 3. The van der Waals surface area contributed by atoms with Gasteiger partial charge in [-0.3, -0.25) is 9.59 Å². The van der Waals surface area contributed by atoms with E-state index in [1.54, 1.807) is 27.2 Å². The minimum Gasteiger partial charge on any atom is -0.347 e. The normalized spacial score (nSPS) is 10.5. The zero-order chi connectivity index (χ0) is 15.6. The van der Waals surface area contributed by atoms with Crippen molar-refractivity contribution < 1.29 is 9.59 Å². The lowest BCUT2D eigenvalue weighted by molar-refractivity contribution is -0.129. The van der Waals surface area contributed by atoms with Gasteiger partial charge in [0, 0.05) is 26.5 Å². The number of pyridine rings is 1. The van der Waals surface area contributed by atoms with Crippen LogP contribution in [0.1, 0.15) is 10.5 Å². The van der Waals surface area contributed by atoms with Crippen molar-refractivity contribution in [2.45, 2.75) is 0 Å². The van der Waals surface area contributed by atoms with Crippen LogP contribution in [0.2, 0.25) is 5.02 Å². The number of aromatic nitrogens is 1. The van der Waals surface area contributed by atoms with Gasteiger partial charge in [0.15, 0.2) is 0 Å². The Balaban J connectivity index is 2.29. The molecule has 110 valence electrons. The van der Waals surface area contributed by atoms with E-state index in [1.807, 2.05) is 18.2 Å². The largest absolute Gasteiger partial charge is 0.347 e. The van der Waals surface area contributed by atoms with E-state index < -0.39 is 0 Å². The van der Waals surface area contributed by atoms with Gasteiger partial charge in [-0.15, -0.1) is 0 Å². The van der Waals surface area contributed by atoms with Crippen LogP contribution in [0.4, 0.5) is 0 Å². The van der Waals surface area contributed by atoms with Crippen LogP contribution in [-0.2, 0) is 4.79 Å². The molecular formula is C15H16ClN3O2. The third kappa shape index (κ3) is 3.31. The molecule has 0 aliphatic rings. The summed E-state index contributed by atoms with van der Waals surface area (Å²) in [5.41, 5.74) is 0.883. The van der Waals surface area contributed by atoms with Crippen LogP contribution in [-0.4, -0.2) is 54.3 Å². The first kappa shape index (κ1) is 15.3. The molecule has 5 nitrogen and oxygen atoms in total. The van der Waals surface area contributed by atoms with Crippen molar-refractivity contribution in [2.24, 2.45) is 0 Å². The summed E-state index contributed by atoms with van der Waals surface area (Å²) in [5.74, 6) is -0.490. The van der Waals surface area contributed by atoms with Gasteiger partial charge in [0.25, 0.3) is 5.91 Å². The maximum Gasteiger partial charge on any atom is 0.272 e. The maximum atomic E-state index is 12.3. The molecule has 1 aromatic carbocycles. The number of para-hydroxylation sites is 1. The minimum atomic E-state index is -0.335. The molecule has 0 unspecified atom stereocenters. The Morgan fingerprint density at radius 2 is 1.86 bits per heavy atom. The van der Waals surface area contributed by atoms with Crippen LogP contribution in [0.3, 0.4) is 0 Å². The third-order valence-corrected chi connectivity index (χ3v) is 3.42. The van der Waals surface area contributed by atoms with Crippen LogP contribution >= 0.6 is 11.6 Å². The second-order valence-electron chi connectivity index (χ2n) is 4.96. The quantitative estimate of drug-likeness (QED) is 0.872. The average Bonchev–Trinajstić information content (AvgIpc) is 2.46. The van der Waals surface area contributed by atoms with Gasteiger partial charge in [-0.05, 0) is 12.1 Å². The van der Waals surface area contributed by atoms with E-state index in [1.165, 1.54) is 15.9 Å². The summed E-state index contributed by atoms with van der Waals surface area (Å²) in [6.07, 6.45) is 0. The van der Waals surface area contributed by atoms with Crippen LogP contribution in [0.5, 0.6) is 0 Å². The highest BCUT2D eigenvalue weighted by Gasteiger charge is 2.18. The second kappa shape index (κ2) is 6.10. The maximum absolute atomic E-state index is 12.3. The highest BCUT2D eigenvalue weighted by atomic mass is 35.5. The van der Waals surface area contributed by atoms with E-state index in [2.05, 4.69) is 4.98 Å². The fourth-order valence-corrected chi connectivity index (χ4v) is 2.12. The van der Waals surface area contributed by atoms with Crippen LogP contribution < -0.4 is 0 Å². The lowest BCUT2D eigenvalue weighted by atomic mass is 10.2. The topological polar surface area (TPSA) is 53.5 Å². The van der Waals surface area contributed by atoms with Gasteiger partial charge in [-0.2, -0.15) is 0 Å². The first-order valence-electron chi connectivity index (χ1n) is 6.41. The standard InChI is InChI=1S/C15H16ClN3O2/c1-18(2)14(20)9-19(3)15(21)13-8-11(16)10-6-4-5-7-12(10)17-13/h4-8H,9H2,1-3H3. The predicted molar refractivity (Wildman–Crippen MR) is 82.4 cm³/mol. The van der Waals surface area contributed by atoms with Crippen LogP contribution in [0, 0.1) is 0 Å². The highest BCUT2D eigenvalue weighted by Crippen LogP contribution is 2.23. The first-order valence-corrected chi connectivity index (χ1v) is 6.79. The summed E-state index contributed by atoms with van der Waals surface area (Å²) in [5, 5.41) is 1.26. The Morgan fingerprint density at radius 1 is 1.19 bits per heavy atom. The average molecular weight is 306 g/mol. The number of carbonyl (C=O) groups excluding carboxylic acids is 2. The summed E-state index contributed by atoms with van der Waals surface area (Å²) in [6, 6.07) is 8.86. The summed E-state index contributed by atoms with van der Waals surface area (Å²) < 4.78 is 0. The van der Waals surface area contributed by atoms with Gasteiger partial charge in [-0.1, -0.05) is 29.8 Å². The van der Waals surface area contributed by atoms with Crippen molar-refractivity contribution in [1.82, 2.24) is 14.8 Å². The molecule has 2 aromatic rings. The van der Waals surface area contributed by atoms with Gasteiger partial charge >= 0.3 is 0 Å². The number of likely N-dealkylation sites (N-methyl/N-ethyl adjacent to an activating group) is 2. The van der Waals surface area contributed by atoms with Gasteiger partial charge in [0.2, 0.25) is 5.91 Å². The monoisotopic (exact) mass is 305 g/mol. The van der Waals surface area contributed by atoms with Crippen molar-refractivity contribution in [2.75, 3.05) is 27.7 Å². The zero-order valence-corrected chi connectivity index (χ0v) is 12.9. The molecule has 0 saturated carbocycles. The summed E-state index contributed by atoms with van der Waals surface area (Å²) in [6.45, 7) is -0.00202. The molecule has 0 radical (unpaired) electrons. The number of amides is 2. The smallest absolute Gasteiger partial charge is 0.272 e. The fraction of sp³-hybridized carbons (Fsp3) is 0.267. The Kier molecular flexibility index (Phi) is 4.43. The van der Waals surface area contributed by atoms with Gasteiger partial charge < -0.3 is 9.80 Å². The summed E-state index contributed by atoms with van der Waals surface area (Å²) in [4.78, 5) is 31.1. The molecule has 0 fully saturated rings. The van der Waals surface area contributed by atoms with Gasteiger partial charge in [0.05, 0.1) is 17.1 Å². The van der Waals surface area contributed by atoms with Crippen molar-refractivity contribution in [3.05, 3.63) is 41.0 Å². The molecule has 0 spiro atoms. The van der Waals surface area contributed by atoms with Crippen molar-refractivity contribution >= 4 is 34.3 Å². The molecule has 21 heavy (non-hydrogen) atoms. The summed E-state index contributed by atoms with van der Waals surface area (Å²) >= 11 is 6.18. The number of hydrogen-bond acceptors (Lipinski definition) is 3. The molecule has 0 saturated heterocycles. The fourth-order valence-electron chi connectivity index (χ4n) is 1.85. The zero-order valence-electron chi connectivity index (χ0n) is 12.1. The van der Waals surface area contributed by atoms with E-state index in [0.717, 1.165) is 5.39 Å². The molecule has 0 bridgehead atoms. The Labute approximate surface area is 128 Å². The van der Waals surface area contributed by atoms with E-state index in [9.17, 15) is 9.59 Å². The number of benzene rings is 1. The Morgan fingerprint density at radius 3 is 2.52 bits per heavy atom. The van der Waals surface area contributed by atoms with E-state index >= 15 is 0 Å². The summed E-state index contributed by atoms with van der Waals surface area (Å²) in [7, 11) is 4.85. The third-order valence-electron chi connectivity index (χ3n) is 3.10. The number of halogens is 1. The number of nitrogens with zero attached hydrogens (tertiary/aromatic N) is 3. The molecule has 0 N–H and O–H groups in total. The molecule has 0 aliphatic heterocycles. The van der Waals surface area contributed by atoms with E-state index in [-0.39, 0.29) is 24.1 Å². The van der Waals surface area contributed by atoms with Crippen molar-refractivity contribution in [3.63, 3.8) is 0 Å². The molecule has 0 atom stereocenters. The number of hydrogen-bond donors (Lipinski definition) is 0. The molecular weight excluding hydrogens is 290 g/mol. The molecule has 2 rings (SSSR count). The predicted octanol–water partition coefficient (Wildman–Crippen LogP) is 2.05. The molecule has 6 heteroatoms. The first-order chi connectivity index (χ1) is 9.90. The Hall–Kier alpha value is -2.14. The number of carbonyl (C=O) groups is 2. The molecule has 1 aromatic heterocycles. The van der Waals surface area contributed by atoms with Crippen LogP contribution in [0.25, 0.3) is 10.9 Å². The lowest BCUT2D eigenvalue weighted by Gasteiger charge is -2.19. The van der Waals surface area contributed by atoms with Gasteiger partial charge in [0.1, 0.15) is 5.69 Å². The molecule has 2 amide bonds. The highest BCUT2D eigenvalue weighted by molar-refractivity contribution is 6.35.